The maximum Gasteiger partial charge on any atom is 0.337 e. The number of halogens is 1. The molecular weight excluding hydrogens is 504 g/mol. The van der Waals surface area contributed by atoms with Crippen LogP contribution in [0.1, 0.15) is 10.4 Å². The molecule has 174 valence electrons. The largest absolute Gasteiger partial charge is 0.465 e. The summed E-state index contributed by atoms with van der Waals surface area (Å²) in [6.07, 6.45) is 1.47. The van der Waals surface area contributed by atoms with Gasteiger partial charge < -0.3 is 10.1 Å². The zero-order valence-electron chi connectivity index (χ0n) is 17.3. The highest BCUT2D eigenvalue weighted by molar-refractivity contribution is 7.93. The van der Waals surface area contributed by atoms with Gasteiger partial charge in [0.05, 0.1) is 23.3 Å². The first-order valence-electron chi connectivity index (χ1n) is 9.47. The Morgan fingerprint density at radius 1 is 1.12 bits per heavy atom. The monoisotopic (exact) mass is 518 g/mol. The quantitative estimate of drug-likeness (QED) is 0.360. The Morgan fingerprint density at radius 3 is 2.50 bits per heavy atom. The lowest BCUT2D eigenvalue weighted by Crippen LogP contribution is -2.32. The van der Waals surface area contributed by atoms with Gasteiger partial charge in [0.25, 0.3) is 21.8 Å². The molecule has 0 unspecified atom stereocenters. The second kappa shape index (κ2) is 9.25. The molecule has 3 aromatic rings. The summed E-state index contributed by atoms with van der Waals surface area (Å²) in [5.74, 6) is -2.14. The molecule has 0 atom stereocenters. The summed E-state index contributed by atoms with van der Waals surface area (Å²) in [6, 6.07) is 11.3. The van der Waals surface area contributed by atoms with E-state index in [1.807, 2.05) is 0 Å². The molecule has 4 rings (SSSR count). The fourth-order valence-electron chi connectivity index (χ4n) is 3.05. The average Bonchev–Trinajstić information content (AvgIpc) is 3.41. The highest BCUT2D eigenvalue weighted by Gasteiger charge is 2.39. The Balaban J connectivity index is 1.54. The molecule has 0 radical (unpaired) electrons. The van der Waals surface area contributed by atoms with Gasteiger partial charge in [0.1, 0.15) is 10.7 Å². The van der Waals surface area contributed by atoms with Gasteiger partial charge >= 0.3 is 5.97 Å². The molecule has 10 nitrogen and oxygen atoms in total. The van der Waals surface area contributed by atoms with Crippen molar-refractivity contribution < 1.29 is 27.5 Å². The van der Waals surface area contributed by atoms with Crippen molar-refractivity contribution in [3.63, 3.8) is 0 Å². The number of carbonyl (C=O) groups is 3. The van der Waals surface area contributed by atoms with Gasteiger partial charge in [-0.1, -0.05) is 17.7 Å². The second-order valence-electron chi connectivity index (χ2n) is 6.77. The van der Waals surface area contributed by atoms with Gasteiger partial charge in [-0.25, -0.2) is 23.1 Å². The summed E-state index contributed by atoms with van der Waals surface area (Å²) >= 11 is 7.27. The van der Waals surface area contributed by atoms with Crippen LogP contribution < -0.4 is 14.9 Å². The Labute approximate surface area is 202 Å². The Bertz CT molecular complexity index is 1420. The number of hydrogen-bond donors (Lipinski definition) is 2. The molecule has 34 heavy (non-hydrogen) atoms. The van der Waals surface area contributed by atoms with Gasteiger partial charge in [0, 0.05) is 17.3 Å². The van der Waals surface area contributed by atoms with E-state index in [1.165, 1.54) is 61.8 Å². The van der Waals surface area contributed by atoms with Crippen LogP contribution in [0, 0.1) is 0 Å². The van der Waals surface area contributed by atoms with Crippen LogP contribution in [0.15, 0.2) is 75.7 Å². The minimum atomic E-state index is -3.85. The topological polar surface area (TPSA) is 135 Å². The van der Waals surface area contributed by atoms with E-state index in [0.717, 1.165) is 16.2 Å². The number of ether oxygens (including phenoxy) is 1. The summed E-state index contributed by atoms with van der Waals surface area (Å²) in [7, 11) is -2.64. The highest BCUT2D eigenvalue weighted by Crippen LogP contribution is 2.31. The molecule has 1 aliphatic heterocycles. The van der Waals surface area contributed by atoms with E-state index in [2.05, 4.69) is 19.8 Å². The first-order chi connectivity index (χ1) is 16.2. The molecular formula is C21H15ClN4O6S2. The van der Waals surface area contributed by atoms with Gasteiger partial charge in [-0.05, 0) is 42.5 Å². The third kappa shape index (κ3) is 4.51. The molecule has 1 aliphatic rings. The van der Waals surface area contributed by atoms with Gasteiger partial charge in [-0.15, -0.1) is 11.3 Å². The number of aromatic nitrogens is 1. The van der Waals surface area contributed by atoms with E-state index in [4.69, 9.17) is 11.6 Å². The smallest absolute Gasteiger partial charge is 0.337 e. The van der Waals surface area contributed by atoms with Gasteiger partial charge in [0.2, 0.25) is 0 Å². The van der Waals surface area contributed by atoms with Crippen molar-refractivity contribution in [2.24, 2.45) is 0 Å². The van der Waals surface area contributed by atoms with Crippen LogP contribution in [-0.4, -0.2) is 38.3 Å². The van der Waals surface area contributed by atoms with Gasteiger partial charge in [0.15, 0.2) is 5.13 Å². The molecule has 0 saturated heterocycles. The number of imide groups is 1. The lowest BCUT2D eigenvalue weighted by molar-refractivity contribution is -0.120. The predicted molar refractivity (Wildman–Crippen MR) is 126 cm³/mol. The third-order valence-corrected chi connectivity index (χ3v) is 7.16. The van der Waals surface area contributed by atoms with Crippen LogP contribution in [-0.2, 0) is 24.3 Å². The second-order valence-corrected chi connectivity index (χ2v) is 9.72. The Hall–Kier alpha value is -3.74. The fourth-order valence-corrected chi connectivity index (χ4v) is 5.05. The Kier molecular flexibility index (Phi) is 6.37. The predicted octanol–water partition coefficient (Wildman–Crippen LogP) is 3.17. The summed E-state index contributed by atoms with van der Waals surface area (Å²) in [6.45, 7) is 0. The molecule has 1 aromatic heterocycles. The van der Waals surface area contributed by atoms with E-state index in [-0.39, 0.29) is 32.0 Å². The van der Waals surface area contributed by atoms with E-state index in [1.54, 1.807) is 5.38 Å². The molecule has 2 aromatic carbocycles. The highest BCUT2D eigenvalue weighted by atomic mass is 35.5. The number of nitrogens with one attached hydrogen (secondary N) is 2. The van der Waals surface area contributed by atoms with E-state index >= 15 is 0 Å². The fraction of sp³-hybridized carbons (Fsp3) is 0.0476. The molecule has 13 heteroatoms. The number of rotatable bonds is 7. The third-order valence-electron chi connectivity index (χ3n) is 4.64. The van der Waals surface area contributed by atoms with Crippen LogP contribution in [0.3, 0.4) is 0 Å². The number of carbonyl (C=O) groups excluding carboxylic acids is 3. The lowest BCUT2D eigenvalue weighted by Gasteiger charge is -2.16. The molecule has 0 fully saturated rings. The molecule has 0 spiro atoms. The summed E-state index contributed by atoms with van der Waals surface area (Å²) in [4.78, 5) is 42.1. The zero-order valence-corrected chi connectivity index (χ0v) is 19.7. The van der Waals surface area contributed by atoms with Crippen molar-refractivity contribution >= 4 is 67.3 Å². The normalized spacial score (nSPS) is 13.9. The number of esters is 1. The van der Waals surface area contributed by atoms with Crippen molar-refractivity contribution in [1.82, 2.24) is 4.98 Å². The number of benzene rings is 2. The number of sulfonamides is 1. The zero-order chi connectivity index (χ0) is 24.5. The Morgan fingerprint density at radius 2 is 1.85 bits per heavy atom. The van der Waals surface area contributed by atoms with Crippen molar-refractivity contribution in [2.45, 2.75) is 4.90 Å². The maximum atomic E-state index is 13.0. The number of amides is 2. The average molecular weight is 519 g/mol. The van der Waals surface area contributed by atoms with Gasteiger partial charge in [-0.2, -0.15) is 0 Å². The van der Waals surface area contributed by atoms with Crippen LogP contribution in [0.2, 0.25) is 0 Å². The summed E-state index contributed by atoms with van der Waals surface area (Å²) < 4.78 is 32.0. The summed E-state index contributed by atoms with van der Waals surface area (Å²) in [5.41, 5.74) is 0.433. The first kappa shape index (κ1) is 23.4. The number of anilines is 3. The van der Waals surface area contributed by atoms with Crippen LogP contribution in [0.5, 0.6) is 0 Å². The molecule has 2 amide bonds. The minimum Gasteiger partial charge on any atom is -0.465 e. The standard InChI is InChI=1S/C21H15ClN4O6S2/c1-32-20(29)12-3-2-4-14(11-12)26-18(27)16(22)17(19(26)28)24-13-5-7-15(8-6-13)34(30,31)25-21-23-9-10-33-21/h2-11,24H,1H3,(H,23,25). The van der Waals surface area contributed by atoms with Gasteiger partial charge in [-0.3, -0.25) is 14.3 Å². The summed E-state index contributed by atoms with van der Waals surface area (Å²) in [5, 5.41) is 4.27. The number of thiazole rings is 1. The first-order valence-corrected chi connectivity index (χ1v) is 12.2. The van der Waals surface area contributed by atoms with Crippen LogP contribution in [0.4, 0.5) is 16.5 Å². The minimum absolute atomic E-state index is 0.0246. The molecule has 2 heterocycles. The molecule has 2 N–H and O–H groups in total. The van der Waals surface area contributed by atoms with Crippen LogP contribution >= 0.6 is 22.9 Å². The van der Waals surface area contributed by atoms with E-state index < -0.39 is 27.8 Å². The molecule has 0 saturated carbocycles. The van der Waals surface area contributed by atoms with Crippen molar-refractivity contribution in [3.8, 4) is 0 Å². The van der Waals surface area contributed by atoms with E-state index in [0.29, 0.717) is 5.69 Å². The molecule has 0 aliphatic carbocycles. The maximum absolute atomic E-state index is 13.0. The van der Waals surface area contributed by atoms with E-state index in [9.17, 15) is 22.8 Å². The van der Waals surface area contributed by atoms with Crippen molar-refractivity contribution in [3.05, 3.63) is 76.4 Å². The molecule has 0 bridgehead atoms. The lowest BCUT2D eigenvalue weighted by atomic mass is 10.2. The number of nitrogens with zero attached hydrogens (tertiary/aromatic N) is 2. The van der Waals surface area contributed by atoms with Crippen molar-refractivity contribution in [1.29, 1.82) is 0 Å². The SMILES string of the molecule is COC(=O)c1cccc(N2C(=O)C(Cl)=C(Nc3ccc(S(=O)(=O)Nc4nccs4)cc3)C2=O)c1. The van der Waals surface area contributed by atoms with Crippen molar-refractivity contribution in [2.75, 3.05) is 22.0 Å². The van der Waals surface area contributed by atoms with Crippen LogP contribution in [0.25, 0.3) is 0 Å². The number of methoxy groups -OCH3 is 1. The number of hydrogen-bond acceptors (Lipinski definition) is 9.